The molecule has 5 unspecified atom stereocenters. The van der Waals surface area contributed by atoms with Crippen LogP contribution in [-0.2, 0) is 0 Å². The maximum atomic E-state index is 2.66. The normalized spacial score (nSPS) is 48.5. The predicted octanol–water partition coefficient (Wildman–Crippen LogP) is 4.11. The second-order valence-electron chi connectivity index (χ2n) is 6.13. The van der Waals surface area contributed by atoms with Crippen LogP contribution in [0.15, 0.2) is 36.0 Å². The molecule has 0 heterocycles. The van der Waals surface area contributed by atoms with Gasteiger partial charge in [0.05, 0.1) is 0 Å². The highest BCUT2D eigenvalue weighted by Crippen LogP contribution is 2.53. The molecule has 2 fully saturated rings. The Balaban J connectivity index is 1.63. The van der Waals surface area contributed by atoms with Gasteiger partial charge in [-0.05, 0) is 61.7 Å². The molecule has 5 atom stereocenters. The molecule has 0 radical (unpaired) electrons. The third kappa shape index (κ3) is 1.22. The van der Waals surface area contributed by atoms with E-state index in [2.05, 4.69) is 30.4 Å². The van der Waals surface area contributed by atoms with E-state index in [0.717, 1.165) is 29.6 Å². The highest BCUT2D eigenvalue weighted by Gasteiger charge is 2.42. The molecule has 0 aromatic heterocycles. The Morgan fingerprint density at radius 2 is 1.88 bits per heavy atom. The van der Waals surface area contributed by atoms with E-state index in [1.807, 2.05) is 5.57 Å². The van der Waals surface area contributed by atoms with Crippen molar-refractivity contribution in [2.45, 2.75) is 32.1 Å². The van der Waals surface area contributed by atoms with E-state index in [0.29, 0.717) is 0 Å². The summed E-state index contributed by atoms with van der Waals surface area (Å²) < 4.78 is 0. The standard InChI is InChI=1S/C16H20/c1-2-4-14-12(3-1)7-8-15(14)16-10-11-5-6-13(16)9-11/h1-4,10-15H,5-9H2. The molecule has 0 aromatic carbocycles. The van der Waals surface area contributed by atoms with Gasteiger partial charge in [-0.15, -0.1) is 0 Å². The second-order valence-corrected chi connectivity index (χ2v) is 6.13. The van der Waals surface area contributed by atoms with Crippen LogP contribution in [0, 0.1) is 29.6 Å². The van der Waals surface area contributed by atoms with Gasteiger partial charge >= 0.3 is 0 Å². The number of hydrogen-bond acceptors (Lipinski definition) is 0. The minimum atomic E-state index is 0.843. The molecule has 0 nitrogen and oxygen atoms in total. The van der Waals surface area contributed by atoms with Crippen LogP contribution in [0.5, 0.6) is 0 Å². The fourth-order valence-corrected chi connectivity index (χ4v) is 4.65. The van der Waals surface area contributed by atoms with Crippen LogP contribution in [0.4, 0.5) is 0 Å². The van der Waals surface area contributed by atoms with Crippen molar-refractivity contribution in [3.63, 3.8) is 0 Å². The van der Waals surface area contributed by atoms with Gasteiger partial charge in [-0.25, -0.2) is 0 Å². The maximum absolute atomic E-state index is 2.66. The number of hydrogen-bond donors (Lipinski definition) is 0. The molecule has 2 bridgehead atoms. The molecule has 0 heteroatoms. The van der Waals surface area contributed by atoms with Crippen LogP contribution in [0.25, 0.3) is 0 Å². The first-order valence-electron chi connectivity index (χ1n) is 6.98. The van der Waals surface area contributed by atoms with Crippen LogP contribution in [0.1, 0.15) is 32.1 Å². The minimum Gasteiger partial charge on any atom is -0.0816 e. The molecule has 4 aliphatic carbocycles. The van der Waals surface area contributed by atoms with E-state index >= 15 is 0 Å². The lowest BCUT2D eigenvalue weighted by Gasteiger charge is -2.27. The molecule has 4 aliphatic rings. The summed E-state index contributed by atoms with van der Waals surface area (Å²) >= 11 is 0. The van der Waals surface area contributed by atoms with Crippen molar-refractivity contribution in [2.24, 2.45) is 29.6 Å². The smallest absolute Gasteiger partial charge is 0.0102 e. The average molecular weight is 212 g/mol. The SMILES string of the molecule is C1=CC2CCC(C3=CC4CCC3C4)C2C=C1. The first-order chi connectivity index (χ1) is 7.92. The van der Waals surface area contributed by atoms with Crippen molar-refractivity contribution >= 4 is 0 Å². The van der Waals surface area contributed by atoms with Crippen LogP contribution < -0.4 is 0 Å². The van der Waals surface area contributed by atoms with E-state index in [-0.39, 0.29) is 0 Å². The van der Waals surface area contributed by atoms with E-state index in [1.165, 1.54) is 32.1 Å². The van der Waals surface area contributed by atoms with E-state index in [1.54, 1.807) is 0 Å². The van der Waals surface area contributed by atoms with Gasteiger partial charge in [0, 0.05) is 0 Å². The number of rotatable bonds is 1. The van der Waals surface area contributed by atoms with Crippen molar-refractivity contribution in [3.8, 4) is 0 Å². The molecule has 0 spiro atoms. The summed E-state index contributed by atoms with van der Waals surface area (Å²) in [7, 11) is 0. The first kappa shape index (κ1) is 9.27. The Hall–Kier alpha value is -0.780. The molecule has 0 amide bonds. The topological polar surface area (TPSA) is 0 Å². The quantitative estimate of drug-likeness (QED) is 0.574. The highest BCUT2D eigenvalue weighted by molar-refractivity contribution is 5.28. The van der Waals surface area contributed by atoms with E-state index < -0.39 is 0 Å². The zero-order chi connectivity index (χ0) is 10.5. The Kier molecular flexibility index (Phi) is 1.94. The molecule has 2 saturated carbocycles. The van der Waals surface area contributed by atoms with E-state index in [9.17, 15) is 0 Å². The number of fused-ring (bicyclic) bond motifs is 3. The summed E-state index contributed by atoms with van der Waals surface area (Å²) in [5, 5.41) is 0. The third-order valence-electron chi connectivity index (χ3n) is 5.37. The Morgan fingerprint density at radius 3 is 2.69 bits per heavy atom. The Bertz CT molecular complexity index is 385. The lowest BCUT2D eigenvalue weighted by Crippen LogP contribution is -2.17. The summed E-state index contributed by atoms with van der Waals surface area (Å²) in [6, 6.07) is 0. The molecule has 84 valence electrons. The fourth-order valence-electron chi connectivity index (χ4n) is 4.65. The van der Waals surface area contributed by atoms with Gasteiger partial charge in [-0.1, -0.05) is 36.0 Å². The summed E-state index contributed by atoms with van der Waals surface area (Å²) in [5.74, 6) is 4.54. The van der Waals surface area contributed by atoms with Crippen LogP contribution in [0.3, 0.4) is 0 Å². The summed E-state index contributed by atoms with van der Waals surface area (Å²) in [6.07, 6.45) is 19.4. The molecule has 0 aliphatic heterocycles. The van der Waals surface area contributed by atoms with Crippen LogP contribution in [-0.4, -0.2) is 0 Å². The Labute approximate surface area is 98.1 Å². The second kappa shape index (κ2) is 3.35. The van der Waals surface area contributed by atoms with Crippen molar-refractivity contribution < 1.29 is 0 Å². The van der Waals surface area contributed by atoms with Gasteiger partial charge in [0.1, 0.15) is 0 Å². The van der Waals surface area contributed by atoms with Gasteiger partial charge in [0.2, 0.25) is 0 Å². The van der Waals surface area contributed by atoms with Crippen LogP contribution in [0.2, 0.25) is 0 Å². The molecule has 16 heavy (non-hydrogen) atoms. The molecule has 4 rings (SSSR count). The monoisotopic (exact) mass is 212 g/mol. The fraction of sp³-hybridized carbons (Fsp3) is 0.625. The molecule has 0 saturated heterocycles. The lowest BCUT2D eigenvalue weighted by atomic mass is 9.78. The van der Waals surface area contributed by atoms with Crippen molar-refractivity contribution in [1.82, 2.24) is 0 Å². The molecule has 0 aromatic rings. The molecular weight excluding hydrogens is 192 g/mol. The largest absolute Gasteiger partial charge is 0.0816 e. The average Bonchev–Trinajstić information content (AvgIpc) is 3.03. The van der Waals surface area contributed by atoms with Crippen molar-refractivity contribution in [1.29, 1.82) is 0 Å². The number of allylic oxidation sites excluding steroid dienone is 6. The predicted molar refractivity (Wildman–Crippen MR) is 66.9 cm³/mol. The zero-order valence-corrected chi connectivity index (χ0v) is 9.81. The molecule has 0 N–H and O–H groups in total. The zero-order valence-electron chi connectivity index (χ0n) is 9.81. The third-order valence-corrected chi connectivity index (χ3v) is 5.37. The Morgan fingerprint density at radius 1 is 0.938 bits per heavy atom. The van der Waals surface area contributed by atoms with Gasteiger partial charge in [-0.2, -0.15) is 0 Å². The van der Waals surface area contributed by atoms with Crippen molar-refractivity contribution in [2.75, 3.05) is 0 Å². The van der Waals surface area contributed by atoms with Gasteiger partial charge in [0.25, 0.3) is 0 Å². The lowest BCUT2D eigenvalue weighted by molar-refractivity contribution is 0.430. The van der Waals surface area contributed by atoms with Gasteiger partial charge in [0.15, 0.2) is 0 Å². The van der Waals surface area contributed by atoms with E-state index in [4.69, 9.17) is 0 Å². The highest BCUT2D eigenvalue weighted by atomic mass is 14.5. The van der Waals surface area contributed by atoms with Crippen molar-refractivity contribution in [3.05, 3.63) is 36.0 Å². The van der Waals surface area contributed by atoms with Gasteiger partial charge in [-0.3, -0.25) is 0 Å². The van der Waals surface area contributed by atoms with Gasteiger partial charge < -0.3 is 0 Å². The molecular formula is C16H20. The van der Waals surface area contributed by atoms with Crippen LogP contribution >= 0.6 is 0 Å². The summed E-state index contributed by atoms with van der Waals surface area (Å²) in [6.45, 7) is 0. The minimum absolute atomic E-state index is 0.843. The first-order valence-corrected chi connectivity index (χ1v) is 6.98. The maximum Gasteiger partial charge on any atom is -0.0102 e. The summed E-state index contributed by atoms with van der Waals surface area (Å²) in [5.41, 5.74) is 1.86. The summed E-state index contributed by atoms with van der Waals surface area (Å²) in [4.78, 5) is 0.